The Morgan fingerprint density at radius 1 is 0.781 bits per heavy atom. The zero-order chi connectivity index (χ0) is 21.3. The molecule has 4 aromatic rings. The van der Waals surface area contributed by atoms with E-state index in [9.17, 15) is 0 Å². The first-order valence-electron chi connectivity index (χ1n) is 11.9. The van der Waals surface area contributed by atoms with E-state index in [1.54, 1.807) is 0 Å². The number of hydrogen-bond donors (Lipinski definition) is 0. The molecule has 162 valence electrons. The number of fused-ring (bicyclic) bond motifs is 1. The quantitative estimate of drug-likeness (QED) is 0.427. The number of imidazole rings is 1. The van der Waals surface area contributed by atoms with E-state index in [0.29, 0.717) is 0 Å². The van der Waals surface area contributed by atoms with Crippen molar-refractivity contribution in [2.24, 2.45) is 5.92 Å². The molecule has 0 radical (unpaired) electrons. The summed E-state index contributed by atoms with van der Waals surface area (Å²) in [6, 6.07) is 28.4. The van der Waals surface area contributed by atoms with Crippen LogP contribution in [-0.4, -0.2) is 47.2 Å². The smallest absolute Gasteiger partial charge is 0.0966 e. The highest BCUT2D eigenvalue weighted by Crippen LogP contribution is 2.33. The zero-order valence-electron chi connectivity index (χ0n) is 18.5. The van der Waals surface area contributed by atoms with Gasteiger partial charge in [0.05, 0.1) is 23.4 Å². The van der Waals surface area contributed by atoms with Crippen LogP contribution in [0.2, 0.25) is 0 Å². The van der Waals surface area contributed by atoms with Crippen LogP contribution in [0.3, 0.4) is 0 Å². The lowest BCUT2D eigenvalue weighted by molar-refractivity contribution is 0.248. The Morgan fingerprint density at radius 3 is 2.06 bits per heavy atom. The summed E-state index contributed by atoms with van der Waals surface area (Å²) in [5.41, 5.74) is 6.11. The second-order valence-electron chi connectivity index (χ2n) is 9.28. The largest absolute Gasteiger partial charge is 0.369 e. The number of rotatable bonds is 6. The van der Waals surface area contributed by atoms with Crippen LogP contribution >= 0.6 is 0 Å². The molecule has 1 aliphatic heterocycles. The SMILES string of the molecule is c1ccc(C(c2ccccc2)n2cnc3ccc(N4CCN(CC5CC5)CC4)cc32)cc1. The summed E-state index contributed by atoms with van der Waals surface area (Å²) in [5.74, 6) is 0.972. The van der Waals surface area contributed by atoms with Crippen LogP contribution in [0.25, 0.3) is 11.0 Å². The van der Waals surface area contributed by atoms with E-state index in [1.807, 2.05) is 6.33 Å². The molecule has 0 bridgehead atoms. The van der Waals surface area contributed by atoms with E-state index in [4.69, 9.17) is 4.98 Å². The van der Waals surface area contributed by atoms with Gasteiger partial charge in [-0.25, -0.2) is 4.98 Å². The summed E-state index contributed by atoms with van der Waals surface area (Å²) in [5, 5.41) is 0. The maximum Gasteiger partial charge on any atom is 0.0966 e. The van der Waals surface area contributed by atoms with Crippen molar-refractivity contribution in [2.75, 3.05) is 37.6 Å². The molecule has 0 spiro atoms. The molecule has 1 aliphatic carbocycles. The van der Waals surface area contributed by atoms with Crippen LogP contribution in [0.4, 0.5) is 5.69 Å². The molecule has 0 N–H and O–H groups in total. The van der Waals surface area contributed by atoms with E-state index >= 15 is 0 Å². The number of aromatic nitrogens is 2. The van der Waals surface area contributed by atoms with Crippen molar-refractivity contribution in [1.82, 2.24) is 14.5 Å². The maximum atomic E-state index is 4.76. The minimum atomic E-state index is 0.105. The average Bonchev–Trinajstić information content (AvgIpc) is 3.58. The molecule has 32 heavy (non-hydrogen) atoms. The maximum absolute atomic E-state index is 4.76. The van der Waals surface area contributed by atoms with Gasteiger partial charge in [0.1, 0.15) is 0 Å². The van der Waals surface area contributed by atoms with Gasteiger partial charge in [0.15, 0.2) is 0 Å². The second-order valence-corrected chi connectivity index (χ2v) is 9.28. The summed E-state index contributed by atoms with van der Waals surface area (Å²) in [6.45, 7) is 5.85. The van der Waals surface area contributed by atoms with Crippen molar-refractivity contribution >= 4 is 16.7 Å². The molecule has 4 nitrogen and oxygen atoms in total. The van der Waals surface area contributed by atoms with Crippen molar-refractivity contribution in [1.29, 1.82) is 0 Å². The normalized spacial score (nSPS) is 17.3. The van der Waals surface area contributed by atoms with Crippen molar-refractivity contribution < 1.29 is 0 Å². The summed E-state index contributed by atoms with van der Waals surface area (Å²) in [6.07, 6.45) is 4.88. The zero-order valence-corrected chi connectivity index (χ0v) is 18.5. The fourth-order valence-corrected chi connectivity index (χ4v) is 5.06. The first-order chi connectivity index (χ1) is 15.8. The number of benzene rings is 3. The Labute approximate surface area is 190 Å². The monoisotopic (exact) mass is 422 g/mol. The molecule has 0 unspecified atom stereocenters. The van der Waals surface area contributed by atoms with Gasteiger partial charge in [-0.05, 0) is 48.1 Å². The van der Waals surface area contributed by atoms with Crippen LogP contribution in [0.1, 0.15) is 30.0 Å². The van der Waals surface area contributed by atoms with E-state index < -0.39 is 0 Å². The Kier molecular flexibility index (Phi) is 5.16. The fourth-order valence-electron chi connectivity index (χ4n) is 5.06. The molecule has 1 saturated heterocycles. The predicted octanol–water partition coefficient (Wildman–Crippen LogP) is 5.21. The summed E-state index contributed by atoms with van der Waals surface area (Å²) >= 11 is 0. The number of anilines is 1. The molecule has 1 saturated carbocycles. The number of nitrogens with zero attached hydrogens (tertiary/aromatic N) is 4. The highest BCUT2D eigenvalue weighted by molar-refractivity contribution is 5.80. The van der Waals surface area contributed by atoms with Gasteiger partial charge < -0.3 is 9.47 Å². The van der Waals surface area contributed by atoms with E-state index in [0.717, 1.165) is 24.5 Å². The Hall–Kier alpha value is -3.11. The first kappa shape index (κ1) is 19.6. The van der Waals surface area contributed by atoms with Crippen LogP contribution in [0, 0.1) is 5.92 Å². The third-order valence-corrected chi connectivity index (χ3v) is 7.02. The van der Waals surface area contributed by atoms with Crippen molar-refractivity contribution in [3.63, 3.8) is 0 Å². The highest BCUT2D eigenvalue weighted by atomic mass is 15.3. The minimum absolute atomic E-state index is 0.105. The van der Waals surface area contributed by atoms with Gasteiger partial charge in [-0.15, -0.1) is 0 Å². The average molecular weight is 423 g/mol. The van der Waals surface area contributed by atoms with Crippen LogP contribution in [-0.2, 0) is 0 Å². The Balaban J connectivity index is 1.34. The third-order valence-electron chi connectivity index (χ3n) is 7.02. The van der Waals surface area contributed by atoms with Crippen molar-refractivity contribution in [2.45, 2.75) is 18.9 Å². The second kappa shape index (κ2) is 8.44. The van der Waals surface area contributed by atoms with E-state index in [-0.39, 0.29) is 6.04 Å². The van der Waals surface area contributed by atoms with Gasteiger partial charge in [-0.1, -0.05) is 60.7 Å². The summed E-state index contributed by atoms with van der Waals surface area (Å²) in [7, 11) is 0. The number of hydrogen-bond acceptors (Lipinski definition) is 3. The van der Waals surface area contributed by atoms with Gasteiger partial charge in [0.2, 0.25) is 0 Å². The van der Waals surface area contributed by atoms with Crippen LogP contribution in [0.5, 0.6) is 0 Å². The molecule has 1 aromatic heterocycles. The van der Waals surface area contributed by atoms with Gasteiger partial charge >= 0.3 is 0 Å². The van der Waals surface area contributed by atoms with Crippen LogP contribution < -0.4 is 4.90 Å². The molecule has 2 aliphatic rings. The first-order valence-corrected chi connectivity index (χ1v) is 11.9. The van der Waals surface area contributed by atoms with Crippen molar-refractivity contribution in [3.05, 3.63) is 96.3 Å². The molecule has 2 fully saturated rings. The van der Waals surface area contributed by atoms with Crippen LogP contribution in [0.15, 0.2) is 85.2 Å². The predicted molar refractivity (Wildman–Crippen MR) is 131 cm³/mol. The standard InChI is InChI=1S/C28H30N4/c1-3-7-23(8-4-1)28(24-9-5-2-6-10-24)32-21-29-26-14-13-25(19-27(26)32)31-17-15-30(16-18-31)20-22-11-12-22/h1-10,13-14,19,21-22,28H,11-12,15-18,20H2. The third kappa shape index (κ3) is 3.91. The van der Waals surface area contributed by atoms with Gasteiger partial charge in [0, 0.05) is 38.4 Å². The molecule has 4 heteroatoms. The van der Waals surface area contributed by atoms with Crippen molar-refractivity contribution in [3.8, 4) is 0 Å². The summed E-state index contributed by atoms with van der Waals surface area (Å²) in [4.78, 5) is 9.96. The Bertz CT molecular complexity index is 1130. The molecule has 6 rings (SSSR count). The fraction of sp³-hybridized carbons (Fsp3) is 0.321. The molecule has 2 heterocycles. The minimum Gasteiger partial charge on any atom is -0.369 e. The Morgan fingerprint density at radius 2 is 1.44 bits per heavy atom. The lowest BCUT2D eigenvalue weighted by Crippen LogP contribution is -2.47. The lowest BCUT2D eigenvalue weighted by Gasteiger charge is -2.36. The van der Waals surface area contributed by atoms with E-state index in [1.165, 1.54) is 54.8 Å². The highest BCUT2D eigenvalue weighted by Gasteiger charge is 2.26. The van der Waals surface area contributed by atoms with Gasteiger partial charge in [-0.3, -0.25) is 4.90 Å². The molecule has 0 atom stereocenters. The molecule has 0 amide bonds. The van der Waals surface area contributed by atoms with Gasteiger partial charge in [-0.2, -0.15) is 0 Å². The molecular weight excluding hydrogens is 392 g/mol. The molecule has 3 aromatic carbocycles. The topological polar surface area (TPSA) is 24.3 Å². The van der Waals surface area contributed by atoms with E-state index in [2.05, 4.69) is 93.2 Å². The lowest BCUT2D eigenvalue weighted by atomic mass is 9.98. The van der Waals surface area contributed by atoms with Gasteiger partial charge in [0.25, 0.3) is 0 Å². The number of piperazine rings is 1. The summed E-state index contributed by atoms with van der Waals surface area (Å²) < 4.78 is 2.34. The molecular formula is C28H30N4.